The number of nitrogens with zero attached hydrogens (tertiary/aromatic N) is 2. The summed E-state index contributed by atoms with van der Waals surface area (Å²) in [6.45, 7) is 6.70. The van der Waals surface area contributed by atoms with E-state index in [1.165, 1.54) is 22.4 Å². The van der Waals surface area contributed by atoms with Gasteiger partial charge in [-0.15, -0.1) is 0 Å². The number of amides is 1. The van der Waals surface area contributed by atoms with Gasteiger partial charge in [-0.25, -0.2) is 4.68 Å². The lowest BCUT2D eigenvalue weighted by molar-refractivity contribution is 0.102. The lowest BCUT2D eigenvalue weighted by Crippen LogP contribution is -2.26. The lowest BCUT2D eigenvalue weighted by atomic mass is 10.0. The smallest absolute Gasteiger partial charge is 0.276 e. The van der Waals surface area contributed by atoms with Crippen molar-refractivity contribution in [3.63, 3.8) is 0 Å². The second-order valence-corrected chi connectivity index (χ2v) is 5.51. The molecule has 2 aromatic rings. The number of hydrogen-bond donors (Lipinski definition) is 1. The molecule has 0 radical (unpaired) electrons. The van der Waals surface area contributed by atoms with Gasteiger partial charge in [0.1, 0.15) is 5.69 Å². The summed E-state index contributed by atoms with van der Waals surface area (Å²) in [4.78, 5) is 23.8. The van der Waals surface area contributed by atoms with Gasteiger partial charge >= 0.3 is 0 Å². The minimum Gasteiger partial charge on any atom is -0.321 e. The third kappa shape index (κ3) is 3.81. The molecule has 0 bridgehead atoms. The fourth-order valence-electron chi connectivity index (χ4n) is 2.09. The molecule has 0 aliphatic rings. The molecule has 0 saturated carbocycles. The van der Waals surface area contributed by atoms with Crippen LogP contribution in [0.5, 0.6) is 0 Å². The summed E-state index contributed by atoms with van der Waals surface area (Å²) in [6, 6.07) is 10.5. The van der Waals surface area contributed by atoms with E-state index in [0.29, 0.717) is 18.2 Å². The first-order chi connectivity index (χ1) is 10.5. The van der Waals surface area contributed by atoms with Crippen molar-refractivity contribution in [2.45, 2.75) is 39.7 Å². The normalized spacial score (nSPS) is 10.7. The Morgan fingerprint density at radius 3 is 2.45 bits per heavy atom. The SMILES string of the molecule is CCCn1nc(C(=O)Nc2ccc(C(C)C)cc2)ccc1=O. The van der Waals surface area contributed by atoms with Crippen LogP contribution in [0.3, 0.4) is 0 Å². The molecule has 22 heavy (non-hydrogen) atoms. The average molecular weight is 299 g/mol. The Hall–Kier alpha value is -2.43. The minimum absolute atomic E-state index is 0.195. The van der Waals surface area contributed by atoms with E-state index in [-0.39, 0.29) is 17.2 Å². The largest absolute Gasteiger partial charge is 0.321 e. The van der Waals surface area contributed by atoms with Crippen molar-refractivity contribution in [1.29, 1.82) is 0 Å². The van der Waals surface area contributed by atoms with Gasteiger partial charge in [-0.05, 0) is 36.1 Å². The van der Waals surface area contributed by atoms with Crippen molar-refractivity contribution in [2.24, 2.45) is 0 Å². The second kappa shape index (κ2) is 7.02. The van der Waals surface area contributed by atoms with E-state index in [9.17, 15) is 9.59 Å². The zero-order valence-electron chi connectivity index (χ0n) is 13.2. The van der Waals surface area contributed by atoms with Crippen LogP contribution in [0.25, 0.3) is 0 Å². The standard InChI is InChI=1S/C17H21N3O2/c1-4-11-20-16(21)10-9-15(19-20)17(22)18-14-7-5-13(6-8-14)12(2)3/h5-10,12H,4,11H2,1-3H3,(H,18,22). The molecule has 1 heterocycles. The van der Waals surface area contributed by atoms with Crippen molar-refractivity contribution in [3.8, 4) is 0 Å². The Kier molecular flexibility index (Phi) is 5.09. The number of nitrogens with one attached hydrogen (secondary N) is 1. The van der Waals surface area contributed by atoms with Crippen molar-refractivity contribution < 1.29 is 4.79 Å². The molecule has 0 saturated heterocycles. The Morgan fingerprint density at radius 1 is 1.18 bits per heavy atom. The van der Waals surface area contributed by atoms with Gasteiger partial charge in [0.2, 0.25) is 0 Å². The number of benzene rings is 1. The highest BCUT2D eigenvalue weighted by Crippen LogP contribution is 2.17. The van der Waals surface area contributed by atoms with E-state index >= 15 is 0 Å². The first-order valence-electron chi connectivity index (χ1n) is 7.50. The number of aromatic nitrogens is 2. The van der Waals surface area contributed by atoms with Crippen LogP contribution in [0.2, 0.25) is 0 Å². The van der Waals surface area contributed by atoms with Gasteiger partial charge in [-0.3, -0.25) is 9.59 Å². The summed E-state index contributed by atoms with van der Waals surface area (Å²) in [5.41, 5.74) is 1.97. The highest BCUT2D eigenvalue weighted by Gasteiger charge is 2.10. The molecule has 1 amide bonds. The van der Waals surface area contributed by atoms with Gasteiger partial charge in [0.25, 0.3) is 11.5 Å². The molecule has 0 atom stereocenters. The van der Waals surface area contributed by atoms with Gasteiger partial charge in [0, 0.05) is 18.3 Å². The first kappa shape index (κ1) is 15.9. The molecular weight excluding hydrogens is 278 g/mol. The molecule has 0 aliphatic heterocycles. The maximum Gasteiger partial charge on any atom is 0.276 e. The summed E-state index contributed by atoms with van der Waals surface area (Å²) in [5, 5.41) is 6.89. The van der Waals surface area contributed by atoms with Crippen molar-refractivity contribution in [1.82, 2.24) is 9.78 Å². The maximum atomic E-state index is 12.2. The molecule has 0 aliphatic carbocycles. The van der Waals surface area contributed by atoms with Crippen LogP contribution in [0.1, 0.15) is 49.2 Å². The van der Waals surface area contributed by atoms with Crippen LogP contribution in [-0.2, 0) is 6.54 Å². The quantitative estimate of drug-likeness (QED) is 0.923. The molecule has 1 aromatic heterocycles. The second-order valence-electron chi connectivity index (χ2n) is 5.51. The monoisotopic (exact) mass is 299 g/mol. The number of rotatable bonds is 5. The highest BCUT2D eigenvalue weighted by molar-refractivity contribution is 6.02. The molecule has 2 rings (SSSR count). The molecule has 1 aromatic carbocycles. The maximum absolute atomic E-state index is 12.2. The minimum atomic E-state index is -0.317. The molecule has 116 valence electrons. The van der Waals surface area contributed by atoms with Gasteiger partial charge in [-0.1, -0.05) is 32.9 Å². The Balaban J connectivity index is 2.15. The van der Waals surface area contributed by atoms with Crippen LogP contribution in [0.15, 0.2) is 41.2 Å². The van der Waals surface area contributed by atoms with Gasteiger partial charge in [0.15, 0.2) is 0 Å². The predicted octanol–water partition coefficient (Wildman–Crippen LogP) is 3.03. The Morgan fingerprint density at radius 2 is 1.86 bits per heavy atom. The fourth-order valence-corrected chi connectivity index (χ4v) is 2.09. The van der Waals surface area contributed by atoms with E-state index in [0.717, 1.165) is 6.42 Å². The third-order valence-corrected chi connectivity index (χ3v) is 3.37. The molecule has 1 N–H and O–H groups in total. The number of carbonyl (C=O) groups is 1. The van der Waals surface area contributed by atoms with Crippen molar-refractivity contribution in [3.05, 3.63) is 58.0 Å². The Bertz CT molecular complexity index is 703. The Labute approximate surface area is 130 Å². The fraction of sp³-hybridized carbons (Fsp3) is 0.353. The molecule has 0 fully saturated rings. The number of anilines is 1. The first-order valence-corrected chi connectivity index (χ1v) is 7.50. The van der Waals surface area contributed by atoms with Gasteiger partial charge < -0.3 is 5.32 Å². The zero-order valence-corrected chi connectivity index (χ0v) is 13.2. The van der Waals surface area contributed by atoms with E-state index in [1.54, 1.807) is 0 Å². The summed E-state index contributed by atoms with van der Waals surface area (Å²) in [7, 11) is 0. The number of hydrogen-bond acceptors (Lipinski definition) is 3. The van der Waals surface area contributed by atoms with Crippen molar-refractivity contribution in [2.75, 3.05) is 5.32 Å². The van der Waals surface area contributed by atoms with Crippen LogP contribution < -0.4 is 10.9 Å². The molecule has 5 heteroatoms. The van der Waals surface area contributed by atoms with Gasteiger partial charge in [0.05, 0.1) is 0 Å². The summed E-state index contributed by atoms with van der Waals surface area (Å²) < 4.78 is 1.32. The molecule has 0 unspecified atom stereocenters. The average Bonchev–Trinajstić information content (AvgIpc) is 2.50. The molecular formula is C17H21N3O2. The van der Waals surface area contributed by atoms with Crippen LogP contribution in [0.4, 0.5) is 5.69 Å². The van der Waals surface area contributed by atoms with Crippen LogP contribution in [-0.4, -0.2) is 15.7 Å². The van der Waals surface area contributed by atoms with Crippen LogP contribution >= 0.6 is 0 Å². The van der Waals surface area contributed by atoms with Crippen molar-refractivity contribution >= 4 is 11.6 Å². The summed E-state index contributed by atoms with van der Waals surface area (Å²) >= 11 is 0. The summed E-state index contributed by atoms with van der Waals surface area (Å²) in [6.07, 6.45) is 0.786. The van der Waals surface area contributed by atoms with Crippen LogP contribution in [0, 0.1) is 0 Å². The number of aryl methyl sites for hydroxylation is 1. The van der Waals surface area contributed by atoms with E-state index in [2.05, 4.69) is 24.3 Å². The predicted molar refractivity (Wildman–Crippen MR) is 87.3 cm³/mol. The van der Waals surface area contributed by atoms with E-state index in [1.807, 2.05) is 31.2 Å². The highest BCUT2D eigenvalue weighted by atomic mass is 16.2. The van der Waals surface area contributed by atoms with E-state index < -0.39 is 0 Å². The lowest BCUT2D eigenvalue weighted by Gasteiger charge is -2.09. The molecule has 0 spiro atoms. The summed E-state index contributed by atoms with van der Waals surface area (Å²) in [5.74, 6) is 0.131. The molecule has 5 nitrogen and oxygen atoms in total. The zero-order chi connectivity index (χ0) is 16.1. The van der Waals surface area contributed by atoms with E-state index in [4.69, 9.17) is 0 Å². The third-order valence-electron chi connectivity index (χ3n) is 3.37. The van der Waals surface area contributed by atoms with Gasteiger partial charge in [-0.2, -0.15) is 5.10 Å². The number of carbonyl (C=O) groups excluding carboxylic acids is 1. The topological polar surface area (TPSA) is 64.0 Å².